The van der Waals surface area contributed by atoms with Gasteiger partial charge in [-0.3, -0.25) is 4.79 Å². The third-order valence-electron chi connectivity index (χ3n) is 4.43. The van der Waals surface area contributed by atoms with Gasteiger partial charge in [-0.2, -0.15) is 0 Å². The molecule has 2 rings (SSSR count). The van der Waals surface area contributed by atoms with Gasteiger partial charge in [0.25, 0.3) is 0 Å². The van der Waals surface area contributed by atoms with E-state index in [4.69, 9.17) is 4.74 Å². The second-order valence-electron chi connectivity index (χ2n) is 6.51. The Kier molecular flexibility index (Phi) is 8.25. The molecule has 7 nitrogen and oxygen atoms in total. The molecule has 28 heavy (non-hydrogen) atoms. The number of para-hydroxylation sites is 1. The Bertz CT molecular complexity index is 805. The lowest BCUT2D eigenvalue weighted by Gasteiger charge is -2.21. The van der Waals surface area contributed by atoms with Gasteiger partial charge in [-0.15, -0.1) is 10.2 Å². The molecule has 0 fully saturated rings. The van der Waals surface area contributed by atoms with Gasteiger partial charge in [0.2, 0.25) is 11.0 Å². The normalized spacial score (nSPS) is 12.9. The molecule has 0 aliphatic heterocycles. The van der Waals surface area contributed by atoms with E-state index < -0.39 is 12.0 Å². The SMILES string of the molecule is CC[C@H](C)[C@@H](NC(=O)CSc1nnc(Nc2c(C)cccc2C)s1)C(=O)OC. The van der Waals surface area contributed by atoms with E-state index in [9.17, 15) is 9.59 Å². The van der Waals surface area contributed by atoms with E-state index >= 15 is 0 Å². The van der Waals surface area contributed by atoms with Crippen molar-refractivity contribution >= 4 is 45.8 Å². The molecule has 0 aliphatic carbocycles. The van der Waals surface area contributed by atoms with E-state index in [0.29, 0.717) is 9.47 Å². The Morgan fingerprint density at radius 1 is 1.25 bits per heavy atom. The number of hydrogen-bond acceptors (Lipinski definition) is 8. The fraction of sp³-hybridized carbons (Fsp3) is 0.474. The second kappa shape index (κ2) is 10.4. The molecule has 1 aromatic heterocycles. The maximum Gasteiger partial charge on any atom is 0.328 e. The molecule has 9 heteroatoms. The standard InChI is InChI=1S/C19H26N4O3S2/c1-6-11(2)16(17(25)26-5)20-14(24)10-27-19-23-22-18(28-19)21-15-12(3)8-7-9-13(15)4/h7-9,11,16H,6,10H2,1-5H3,(H,20,24)(H,21,22)/t11-,16+/m0/s1. The molecule has 0 saturated carbocycles. The number of aromatic nitrogens is 2. The number of methoxy groups -OCH3 is 1. The average molecular weight is 423 g/mol. The van der Waals surface area contributed by atoms with Crippen molar-refractivity contribution in [3.05, 3.63) is 29.3 Å². The molecular formula is C19H26N4O3S2. The van der Waals surface area contributed by atoms with E-state index in [0.717, 1.165) is 23.2 Å². The topological polar surface area (TPSA) is 93.2 Å². The molecule has 1 aromatic carbocycles. The van der Waals surface area contributed by atoms with E-state index in [1.54, 1.807) is 0 Å². The zero-order valence-corrected chi connectivity index (χ0v) is 18.4. The number of aryl methyl sites for hydroxylation is 2. The van der Waals surface area contributed by atoms with Gasteiger partial charge in [0, 0.05) is 5.69 Å². The van der Waals surface area contributed by atoms with Crippen LogP contribution in [0.2, 0.25) is 0 Å². The number of ether oxygens (including phenoxy) is 1. The first-order chi connectivity index (χ1) is 13.3. The minimum Gasteiger partial charge on any atom is -0.467 e. The highest BCUT2D eigenvalue weighted by Gasteiger charge is 2.26. The Balaban J connectivity index is 1.93. The molecule has 1 heterocycles. The van der Waals surface area contributed by atoms with Crippen molar-refractivity contribution < 1.29 is 14.3 Å². The van der Waals surface area contributed by atoms with Crippen molar-refractivity contribution in [1.29, 1.82) is 0 Å². The van der Waals surface area contributed by atoms with Gasteiger partial charge in [-0.25, -0.2) is 4.79 Å². The quantitative estimate of drug-likeness (QED) is 0.470. The van der Waals surface area contributed by atoms with Crippen LogP contribution in [-0.4, -0.2) is 41.0 Å². The number of amides is 1. The third kappa shape index (κ3) is 5.93. The van der Waals surface area contributed by atoms with Crippen LogP contribution in [0.15, 0.2) is 22.5 Å². The van der Waals surface area contributed by atoms with Crippen molar-refractivity contribution in [3.63, 3.8) is 0 Å². The van der Waals surface area contributed by atoms with Gasteiger partial charge in [0.05, 0.1) is 12.9 Å². The van der Waals surface area contributed by atoms with Crippen LogP contribution in [0.4, 0.5) is 10.8 Å². The lowest BCUT2D eigenvalue weighted by Crippen LogP contribution is -2.46. The highest BCUT2D eigenvalue weighted by molar-refractivity contribution is 8.01. The number of nitrogens with one attached hydrogen (secondary N) is 2. The first kappa shape index (κ1) is 22.2. The molecule has 1 amide bonds. The number of anilines is 2. The van der Waals surface area contributed by atoms with E-state index in [1.165, 1.54) is 30.2 Å². The lowest BCUT2D eigenvalue weighted by atomic mass is 9.99. The van der Waals surface area contributed by atoms with Crippen LogP contribution < -0.4 is 10.6 Å². The summed E-state index contributed by atoms with van der Waals surface area (Å²) >= 11 is 2.68. The lowest BCUT2D eigenvalue weighted by molar-refractivity contribution is -0.146. The average Bonchev–Trinajstić information content (AvgIpc) is 3.13. The second-order valence-corrected chi connectivity index (χ2v) is 8.71. The van der Waals surface area contributed by atoms with E-state index in [1.807, 2.05) is 45.9 Å². The first-order valence-electron chi connectivity index (χ1n) is 9.02. The summed E-state index contributed by atoms with van der Waals surface area (Å²) in [5, 5.41) is 15.0. The van der Waals surface area contributed by atoms with Gasteiger partial charge >= 0.3 is 5.97 Å². The van der Waals surface area contributed by atoms with Gasteiger partial charge in [0.1, 0.15) is 6.04 Å². The molecule has 0 radical (unpaired) electrons. The summed E-state index contributed by atoms with van der Waals surface area (Å²) in [7, 11) is 1.32. The molecule has 0 bridgehead atoms. The maximum atomic E-state index is 12.3. The summed E-state index contributed by atoms with van der Waals surface area (Å²) in [6, 6.07) is 5.44. The molecule has 152 valence electrons. The maximum absolute atomic E-state index is 12.3. The fourth-order valence-electron chi connectivity index (χ4n) is 2.58. The number of rotatable bonds is 9. The number of nitrogens with zero attached hydrogens (tertiary/aromatic N) is 2. The molecule has 0 saturated heterocycles. The zero-order valence-electron chi connectivity index (χ0n) is 16.7. The summed E-state index contributed by atoms with van der Waals surface area (Å²) in [4.78, 5) is 24.1. The summed E-state index contributed by atoms with van der Waals surface area (Å²) in [6.07, 6.45) is 0.761. The number of carbonyl (C=O) groups is 2. The fourth-order valence-corrected chi connectivity index (χ4v) is 4.14. The Morgan fingerprint density at radius 3 is 2.54 bits per heavy atom. The van der Waals surface area contributed by atoms with Crippen LogP contribution in [0.5, 0.6) is 0 Å². The van der Waals surface area contributed by atoms with E-state index in [2.05, 4.69) is 20.8 Å². The van der Waals surface area contributed by atoms with Crippen molar-refractivity contribution in [2.24, 2.45) is 5.92 Å². The number of hydrogen-bond donors (Lipinski definition) is 2. The van der Waals surface area contributed by atoms with Crippen molar-refractivity contribution in [3.8, 4) is 0 Å². The summed E-state index contributed by atoms with van der Waals surface area (Å²) in [5.41, 5.74) is 3.27. The summed E-state index contributed by atoms with van der Waals surface area (Å²) < 4.78 is 5.47. The molecule has 0 spiro atoms. The van der Waals surface area contributed by atoms with Gasteiger partial charge in [0.15, 0.2) is 4.34 Å². The largest absolute Gasteiger partial charge is 0.467 e. The molecule has 0 unspecified atom stereocenters. The Hall–Kier alpha value is -2.13. The van der Waals surface area contributed by atoms with Crippen molar-refractivity contribution in [1.82, 2.24) is 15.5 Å². The predicted octanol–water partition coefficient (Wildman–Crippen LogP) is 3.69. The third-order valence-corrected chi connectivity index (χ3v) is 6.40. The molecule has 0 aliphatic rings. The number of carbonyl (C=O) groups excluding carboxylic acids is 2. The number of benzene rings is 1. The van der Waals surface area contributed by atoms with Gasteiger partial charge in [-0.05, 0) is 30.9 Å². The van der Waals surface area contributed by atoms with Crippen LogP contribution >= 0.6 is 23.1 Å². The minimum atomic E-state index is -0.640. The Morgan fingerprint density at radius 2 is 1.93 bits per heavy atom. The van der Waals surface area contributed by atoms with Crippen molar-refractivity contribution in [2.45, 2.75) is 44.5 Å². The van der Waals surface area contributed by atoms with E-state index in [-0.39, 0.29) is 17.6 Å². The van der Waals surface area contributed by atoms with Crippen LogP contribution in [0, 0.1) is 19.8 Å². The zero-order chi connectivity index (χ0) is 20.7. The molecule has 2 atom stereocenters. The monoisotopic (exact) mass is 422 g/mol. The first-order valence-corrected chi connectivity index (χ1v) is 10.8. The predicted molar refractivity (Wildman–Crippen MR) is 113 cm³/mol. The van der Waals surface area contributed by atoms with Crippen LogP contribution in [0.25, 0.3) is 0 Å². The van der Waals surface area contributed by atoms with Crippen LogP contribution in [-0.2, 0) is 14.3 Å². The van der Waals surface area contributed by atoms with Gasteiger partial charge < -0.3 is 15.4 Å². The minimum absolute atomic E-state index is 0.00363. The van der Waals surface area contributed by atoms with Gasteiger partial charge in [-0.1, -0.05) is 61.6 Å². The molecule has 2 N–H and O–H groups in total. The smallest absolute Gasteiger partial charge is 0.328 e. The number of thioether (sulfide) groups is 1. The van der Waals surface area contributed by atoms with Crippen molar-refractivity contribution in [2.75, 3.05) is 18.2 Å². The summed E-state index contributed by atoms with van der Waals surface area (Å²) in [5.74, 6) is -0.512. The summed E-state index contributed by atoms with van der Waals surface area (Å²) in [6.45, 7) is 7.94. The highest BCUT2D eigenvalue weighted by atomic mass is 32.2. The van der Waals surface area contributed by atoms with Crippen LogP contribution in [0.1, 0.15) is 31.4 Å². The molecule has 2 aromatic rings. The van der Waals surface area contributed by atoms with Crippen LogP contribution in [0.3, 0.4) is 0 Å². The Labute approximate surface area is 173 Å². The number of esters is 1. The molecular weight excluding hydrogens is 396 g/mol. The highest BCUT2D eigenvalue weighted by Crippen LogP contribution is 2.30.